The zero-order valence-electron chi connectivity index (χ0n) is 27.1. The Hall–Kier alpha value is -3.34. The maximum absolute atomic E-state index is 17.3. The monoisotopic (exact) mass is 647 g/mol. The predicted molar refractivity (Wildman–Crippen MR) is 168 cm³/mol. The van der Waals surface area contributed by atoms with Gasteiger partial charge in [-0.3, -0.25) is 14.5 Å². The van der Waals surface area contributed by atoms with Crippen molar-refractivity contribution in [1.82, 2.24) is 9.80 Å². The van der Waals surface area contributed by atoms with Crippen molar-refractivity contribution < 1.29 is 37.0 Å². The molecule has 0 saturated carbocycles. The highest BCUT2D eigenvalue weighted by Crippen LogP contribution is 2.46. The third-order valence-corrected chi connectivity index (χ3v) is 10.7. The normalized spacial score (nSPS) is 24.0. The fourth-order valence-electron chi connectivity index (χ4n) is 7.29. The molecule has 0 unspecified atom stereocenters. The first-order chi connectivity index (χ1) is 21.7. The Morgan fingerprint density at radius 1 is 0.978 bits per heavy atom. The third-order valence-electron chi connectivity index (χ3n) is 10.7. The summed E-state index contributed by atoms with van der Waals surface area (Å²) in [7, 11) is 1.57. The SMILES string of the molecule is CCC(C)(C)N1C[C@@H](c2ccc(OC)cc2)[C@](F)(C(=O)N2CCC(c3ccc(C(F)(F)F)cc3N3CCC(C(=O)O)CC3)CC2)C1. The fraction of sp³-hybridized carbons (Fsp3) is 0.600. The summed E-state index contributed by atoms with van der Waals surface area (Å²) in [5.41, 5.74) is -1.22. The van der Waals surface area contributed by atoms with Crippen LogP contribution in [0.2, 0.25) is 0 Å². The van der Waals surface area contributed by atoms with E-state index in [1.807, 2.05) is 17.0 Å². The number of benzene rings is 2. The van der Waals surface area contributed by atoms with E-state index in [4.69, 9.17) is 4.74 Å². The summed E-state index contributed by atoms with van der Waals surface area (Å²) in [4.78, 5) is 31.1. The molecule has 3 fully saturated rings. The lowest BCUT2D eigenvalue weighted by Crippen LogP contribution is -2.53. The van der Waals surface area contributed by atoms with E-state index >= 15 is 4.39 Å². The Bertz CT molecular complexity index is 1400. The summed E-state index contributed by atoms with van der Waals surface area (Å²) in [6.07, 6.45) is -2.02. The second-order valence-electron chi connectivity index (χ2n) is 13.7. The Kier molecular flexibility index (Phi) is 9.64. The molecule has 5 rings (SSSR count). The molecule has 0 spiro atoms. The van der Waals surface area contributed by atoms with E-state index in [0.717, 1.165) is 23.6 Å². The number of nitrogens with zero attached hydrogens (tertiary/aromatic N) is 3. The number of ether oxygens (including phenoxy) is 1. The smallest absolute Gasteiger partial charge is 0.416 e. The quantitative estimate of drug-likeness (QED) is 0.321. The molecule has 46 heavy (non-hydrogen) atoms. The van der Waals surface area contributed by atoms with Crippen LogP contribution < -0.4 is 9.64 Å². The minimum absolute atomic E-state index is 0.0152. The van der Waals surface area contributed by atoms with Gasteiger partial charge in [-0.2, -0.15) is 13.2 Å². The molecule has 3 saturated heterocycles. The van der Waals surface area contributed by atoms with Crippen LogP contribution in [0.5, 0.6) is 5.75 Å². The number of carboxylic acid groups (broad SMARTS) is 1. The predicted octanol–water partition coefficient (Wildman–Crippen LogP) is 6.72. The van der Waals surface area contributed by atoms with Crippen LogP contribution in [0.15, 0.2) is 42.5 Å². The maximum atomic E-state index is 17.3. The number of carbonyl (C=O) groups excluding carboxylic acids is 1. The van der Waals surface area contributed by atoms with Crippen LogP contribution in [-0.2, 0) is 15.8 Å². The molecular formula is C35H45F4N3O4. The Morgan fingerprint density at radius 3 is 2.15 bits per heavy atom. The number of carbonyl (C=O) groups is 2. The second-order valence-corrected chi connectivity index (χ2v) is 13.7. The van der Waals surface area contributed by atoms with E-state index in [1.165, 1.54) is 12.1 Å². The molecule has 11 heteroatoms. The van der Waals surface area contributed by atoms with E-state index in [-0.39, 0.29) is 18.0 Å². The molecule has 252 valence electrons. The average molecular weight is 648 g/mol. The van der Waals surface area contributed by atoms with Crippen LogP contribution in [0.1, 0.15) is 81.4 Å². The minimum atomic E-state index is -4.51. The lowest BCUT2D eigenvalue weighted by molar-refractivity contribution is -0.145. The fourth-order valence-corrected chi connectivity index (χ4v) is 7.29. The standard InChI is InChI=1S/C35H45F4N3O4/c1-5-33(2,3)42-21-29(24-6-9-27(46-4)10-7-24)34(36,22-42)32(45)41-18-12-23(13-19-41)28-11-8-26(35(37,38)39)20-30(28)40-16-14-25(15-17-40)31(43)44/h6-11,20,23,25,29H,5,12-19,21-22H2,1-4H3,(H,43,44)/t29-,34-/m0/s1. The number of hydrogen-bond acceptors (Lipinski definition) is 5. The second kappa shape index (κ2) is 13.0. The molecule has 0 aliphatic carbocycles. The highest BCUT2D eigenvalue weighted by molar-refractivity contribution is 5.87. The number of anilines is 1. The van der Waals surface area contributed by atoms with Crippen LogP contribution in [0, 0.1) is 5.92 Å². The van der Waals surface area contributed by atoms with Crippen molar-refractivity contribution in [2.75, 3.05) is 51.3 Å². The lowest BCUT2D eigenvalue weighted by Gasteiger charge is -2.39. The van der Waals surface area contributed by atoms with Gasteiger partial charge < -0.3 is 19.6 Å². The summed E-state index contributed by atoms with van der Waals surface area (Å²) in [6.45, 7) is 7.85. The molecule has 1 amide bonds. The highest BCUT2D eigenvalue weighted by atomic mass is 19.4. The number of alkyl halides is 4. The minimum Gasteiger partial charge on any atom is -0.497 e. The molecule has 3 heterocycles. The van der Waals surface area contributed by atoms with Crippen LogP contribution in [0.25, 0.3) is 0 Å². The van der Waals surface area contributed by atoms with Crippen molar-refractivity contribution in [3.8, 4) is 5.75 Å². The molecule has 3 aliphatic rings. The van der Waals surface area contributed by atoms with Gasteiger partial charge in [0.05, 0.1) is 18.6 Å². The number of methoxy groups -OCH3 is 1. The number of likely N-dealkylation sites (tertiary alicyclic amines) is 2. The van der Waals surface area contributed by atoms with Crippen molar-refractivity contribution in [3.63, 3.8) is 0 Å². The van der Waals surface area contributed by atoms with Crippen molar-refractivity contribution in [2.24, 2.45) is 5.92 Å². The average Bonchev–Trinajstić information content (AvgIpc) is 3.43. The summed E-state index contributed by atoms with van der Waals surface area (Å²) in [5, 5.41) is 9.41. The molecule has 2 aromatic carbocycles. The first-order valence-electron chi connectivity index (χ1n) is 16.2. The van der Waals surface area contributed by atoms with Gasteiger partial charge in [-0.15, -0.1) is 0 Å². The number of hydrogen-bond donors (Lipinski definition) is 1. The summed E-state index contributed by atoms with van der Waals surface area (Å²) >= 11 is 0. The van der Waals surface area contributed by atoms with Gasteiger partial charge in [0.1, 0.15) is 5.75 Å². The number of rotatable bonds is 8. The summed E-state index contributed by atoms with van der Waals surface area (Å²) in [5.74, 6) is -2.06. The number of amides is 1. The topological polar surface area (TPSA) is 73.3 Å². The van der Waals surface area contributed by atoms with E-state index < -0.39 is 41.1 Å². The van der Waals surface area contributed by atoms with Crippen molar-refractivity contribution in [1.29, 1.82) is 0 Å². The van der Waals surface area contributed by atoms with Crippen LogP contribution in [0.4, 0.5) is 23.2 Å². The van der Waals surface area contributed by atoms with E-state index in [1.54, 1.807) is 24.1 Å². The lowest BCUT2D eigenvalue weighted by atomic mass is 9.83. The number of carboxylic acids is 1. The molecule has 7 nitrogen and oxygen atoms in total. The molecule has 0 bridgehead atoms. The summed E-state index contributed by atoms with van der Waals surface area (Å²) < 4.78 is 63.8. The van der Waals surface area contributed by atoms with Crippen molar-refractivity contribution in [3.05, 3.63) is 59.2 Å². The van der Waals surface area contributed by atoms with Crippen LogP contribution in [0.3, 0.4) is 0 Å². The zero-order chi connectivity index (χ0) is 33.4. The first-order valence-corrected chi connectivity index (χ1v) is 16.2. The molecule has 0 radical (unpaired) electrons. The third kappa shape index (κ3) is 6.71. The van der Waals surface area contributed by atoms with Gasteiger partial charge in [0.15, 0.2) is 0 Å². The Morgan fingerprint density at radius 2 is 1.61 bits per heavy atom. The van der Waals surface area contributed by atoms with Gasteiger partial charge in [-0.05, 0) is 87.3 Å². The first kappa shape index (κ1) is 34.0. The zero-order valence-corrected chi connectivity index (χ0v) is 27.1. The molecule has 1 N–H and O–H groups in total. The van der Waals surface area contributed by atoms with Gasteiger partial charge >= 0.3 is 12.1 Å². The summed E-state index contributed by atoms with van der Waals surface area (Å²) in [6, 6.07) is 11.0. The van der Waals surface area contributed by atoms with Gasteiger partial charge in [0, 0.05) is 56.4 Å². The number of piperidine rings is 2. The van der Waals surface area contributed by atoms with Crippen molar-refractivity contribution in [2.45, 2.75) is 82.1 Å². The maximum Gasteiger partial charge on any atom is 0.416 e. The molecule has 3 aliphatic heterocycles. The van der Waals surface area contributed by atoms with Gasteiger partial charge in [0.2, 0.25) is 5.67 Å². The van der Waals surface area contributed by atoms with Gasteiger partial charge in [-0.1, -0.05) is 25.1 Å². The molecule has 2 atom stereocenters. The number of aliphatic carboxylic acids is 1. The Labute approximate surface area is 268 Å². The van der Waals surface area contributed by atoms with E-state index in [0.29, 0.717) is 69.8 Å². The van der Waals surface area contributed by atoms with E-state index in [9.17, 15) is 27.9 Å². The van der Waals surface area contributed by atoms with Crippen molar-refractivity contribution >= 4 is 17.6 Å². The van der Waals surface area contributed by atoms with Gasteiger partial charge in [-0.25, -0.2) is 4.39 Å². The largest absolute Gasteiger partial charge is 0.497 e. The van der Waals surface area contributed by atoms with Crippen LogP contribution in [-0.4, -0.2) is 84.4 Å². The number of halogens is 4. The highest BCUT2D eigenvalue weighted by Gasteiger charge is 2.57. The van der Waals surface area contributed by atoms with Crippen LogP contribution >= 0.6 is 0 Å². The molecule has 2 aromatic rings. The van der Waals surface area contributed by atoms with E-state index in [2.05, 4.69) is 25.7 Å². The van der Waals surface area contributed by atoms with Gasteiger partial charge in [0.25, 0.3) is 5.91 Å². The Balaban J connectivity index is 1.36. The molecular weight excluding hydrogens is 602 g/mol. The molecule has 0 aromatic heterocycles.